The van der Waals surface area contributed by atoms with E-state index in [4.69, 9.17) is 0 Å². The summed E-state index contributed by atoms with van der Waals surface area (Å²) in [5.41, 5.74) is 6.42. The Morgan fingerprint density at radius 2 is 0.875 bits per heavy atom. The Balaban J connectivity index is -0.000000945. The van der Waals surface area contributed by atoms with Crippen LogP contribution in [0.25, 0.3) is 0 Å². The first-order valence-corrected chi connectivity index (χ1v) is 13.2. The summed E-state index contributed by atoms with van der Waals surface area (Å²) in [7, 11) is 0. The zero-order chi connectivity index (χ0) is 25.5. The lowest BCUT2D eigenvalue weighted by Gasteiger charge is -2.18. The van der Waals surface area contributed by atoms with E-state index in [1.54, 1.807) is 0 Å². The Morgan fingerprint density at radius 3 is 1.12 bits per heavy atom. The number of hydrogen-bond acceptors (Lipinski definition) is 1. The first kappa shape index (κ1) is 34.7. The molecule has 1 heteroatoms. The van der Waals surface area contributed by atoms with Crippen molar-refractivity contribution < 1.29 is 4.79 Å². The van der Waals surface area contributed by atoms with Gasteiger partial charge in [-0.05, 0) is 88.5 Å². The van der Waals surface area contributed by atoms with Gasteiger partial charge in [-0.3, -0.25) is 4.79 Å². The van der Waals surface area contributed by atoms with Gasteiger partial charge in [0.25, 0.3) is 0 Å². The topological polar surface area (TPSA) is 17.1 Å². The smallest absolute Gasteiger partial charge is 0.192 e. The SMILES string of the molecule is C=C1CCCC/C1=C/C(=C\C)C(=O)C(/C=C1/CCCCC1=C)=C/C.CC.CC.CC.CC. The molecular formula is C31H54O. The van der Waals surface area contributed by atoms with E-state index in [2.05, 4.69) is 25.3 Å². The molecule has 0 unspecified atom stereocenters. The molecule has 2 fully saturated rings. The molecule has 2 aliphatic carbocycles. The van der Waals surface area contributed by atoms with Gasteiger partial charge >= 0.3 is 0 Å². The summed E-state index contributed by atoms with van der Waals surface area (Å²) in [4.78, 5) is 13.0. The fourth-order valence-electron chi connectivity index (χ4n) is 3.43. The van der Waals surface area contributed by atoms with Crippen molar-refractivity contribution in [1.82, 2.24) is 0 Å². The average molecular weight is 443 g/mol. The number of hydrogen-bond donors (Lipinski definition) is 0. The van der Waals surface area contributed by atoms with Crippen LogP contribution in [0.2, 0.25) is 0 Å². The van der Waals surface area contributed by atoms with Gasteiger partial charge in [0.1, 0.15) is 0 Å². The number of ketones is 1. The molecule has 0 aliphatic heterocycles. The molecule has 0 amide bonds. The molecule has 0 N–H and O–H groups in total. The Kier molecular flexibility index (Phi) is 25.8. The maximum absolute atomic E-state index is 13.0. The van der Waals surface area contributed by atoms with Gasteiger partial charge in [-0.1, -0.05) is 91.8 Å². The molecule has 1 nitrogen and oxygen atoms in total. The second-order valence-corrected chi connectivity index (χ2v) is 6.78. The molecule has 0 saturated heterocycles. The molecule has 0 bridgehead atoms. The zero-order valence-corrected chi connectivity index (χ0v) is 23.3. The van der Waals surface area contributed by atoms with Gasteiger partial charge in [0.15, 0.2) is 5.78 Å². The standard InChI is InChI=1S/C23H30O.4C2H6/c1-5-19(15-21-13-9-7-11-17(21)3)23(24)20(6-2)16-22-14-10-8-12-18(22)4;4*1-2/h5-6,15-16H,3-4,7-14H2,1-2H3;4*1-2H3/b19-5+,20-6+,21-15-,22-16-;;;;. The van der Waals surface area contributed by atoms with Crippen LogP contribution in [0, 0.1) is 0 Å². The van der Waals surface area contributed by atoms with Crippen molar-refractivity contribution >= 4 is 5.78 Å². The Labute approximate surface area is 202 Å². The van der Waals surface area contributed by atoms with Crippen molar-refractivity contribution in [2.75, 3.05) is 0 Å². The molecule has 0 atom stereocenters. The fraction of sp³-hybridized carbons (Fsp3) is 0.581. The third kappa shape index (κ3) is 12.8. The lowest BCUT2D eigenvalue weighted by atomic mass is 9.86. The van der Waals surface area contributed by atoms with Crippen molar-refractivity contribution in [2.45, 2.75) is 121 Å². The van der Waals surface area contributed by atoms with Crippen LogP contribution in [0.1, 0.15) is 121 Å². The van der Waals surface area contributed by atoms with Crippen LogP contribution in [0.3, 0.4) is 0 Å². The highest BCUT2D eigenvalue weighted by molar-refractivity contribution is 6.12. The second kappa shape index (κ2) is 23.8. The average Bonchev–Trinajstić information content (AvgIpc) is 2.87. The van der Waals surface area contributed by atoms with Crippen LogP contribution in [0.4, 0.5) is 0 Å². The molecule has 32 heavy (non-hydrogen) atoms. The quantitative estimate of drug-likeness (QED) is 0.396. The van der Waals surface area contributed by atoms with Gasteiger partial charge in [-0.25, -0.2) is 0 Å². The molecule has 0 aromatic rings. The summed E-state index contributed by atoms with van der Waals surface area (Å²) < 4.78 is 0. The normalized spacial score (nSPS) is 18.7. The minimum Gasteiger partial charge on any atom is -0.289 e. The third-order valence-electron chi connectivity index (χ3n) is 5.06. The molecule has 184 valence electrons. The van der Waals surface area contributed by atoms with E-state index < -0.39 is 0 Å². The molecule has 2 rings (SSSR count). The van der Waals surface area contributed by atoms with Crippen molar-refractivity contribution in [3.63, 3.8) is 0 Å². The van der Waals surface area contributed by atoms with E-state index in [0.29, 0.717) is 0 Å². The molecule has 0 radical (unpaired) electrons. The van der Waals surface area contributed by atoms with E-state index in [1.807, 2.05) is 81.4 Å². The highest BCUT2D eigenvalue weighted by atomic mass is 16.1. The summed E-state index contributed by atoms with van der Waals surface area (Å²) >= 11 is 0. The summed E-state index contributed by atoms with van der Waals surface area (Å²) in [5.74, 6) is 0.108. The monoisotopic (exact) mass is 442 g/mol. The van der Waals surface area contributed by atoms with Gasteiger partial charge in [-0.15, -0.1) is 0 Å². The van der Waals surface area contributed by atoms with E-state index >= 15 is 0 Å². The minimum atomic E-state index is 0.108. The summed E-state index contributed by atoms with van der Waals surface area (Å²) in [5, 5.41) is 0. The molecule has 2 aliphatic rings. The lowest BCUT2D eigenvalue weighted by Crippen LogP contribution is -2.07. The van der Waals surface area contributed by atoms with Gasteiger partial charge in [-0.2, -0.15) is 0 Å². The van der Waals surface area contributed by atoms with Crippen LogP contribution in [-0.4, -0.2) is 5.78 Å². The predicted molar refractivity (Wildman–Crippen MR) is 149 cm³/mol. The van der Waals surface area contributed by atoms with Crippen LogP contribution in [0.5, 0.6) is 0 Å². The van der Waals surface area contributed by atoms with Crippen LogP contribution in [-0.2, 0) is 4.79 Å². The molecule has 0 spiro atoms. The van der Waals surface area contributed by atoms with Gasteiger partial charge in [0.05, 0.1) is 0 Å². The van der Waals surface area contributed by atoms with Gasteiger partial charge < -0.3 is 0 Å². The molecule has 0 heterocycles. The van der Waals surface area contributed by atoms with E-state index in [-0.39, 0.29) is 5.78 Å². The first-order chi connectivity index (χ1) is 15.6. The molecule has 2 saturated carbocycles. The fourth-order valence-corrected chi connectivity index (χ4v) is 3.43. The van der Waals surface area contributed by atoms with E-state index in [9.17, 15) is 4.79 Å². The van der Waals surface area contributed by atoms with Crippen LogP contribution in [0.15, 0.2) is 70.9 Å². The first-order valence-electron chi connectivity index (χ1n) is 13.2. The van der Waals surface area contributed by atoms with Gasteiger partial charge in [0, 0.05) is 11.1 Å². The maximum atomic E-state index is 13.0. The maximum Gasteiger partial charge on any atom is 0.192 e. The Bertz CT molecular complexity index is 594. The van der Waals surface area contributed by atoms with Crippen molar-refractivity contribution in [1.29, 1.82) is 0 Å². The Hall–Kier alpha value is -1.89. The number of carbonyl (C=O) groups is 1. The number of carbonyl (C=O) groups excluding carboxylic acids is 1. The second-order valence-electron chi connectivity index (χ2n) is 6.78. The summed E-state index contributed by atoms with van der Waals surface area (Å²) in [6.45, 7) is 28.2. The minimum absolute atomic E-state index is 0.108. The number of rotatable bonds is 4. The van der Waals surface area contributed by atoms with Crippen LogP contribution < -0.4 is 0 Å². The van der Waals surface area contributed by atoms with E-state index in [1.165, 1.54) is 48.0 Å². The molecule has 0 aromatic heterocycles. The van der Waals surface area contributed by atoms with Gasteiger partial charge in [0.2, 0.25) is 0 Å². The zero-order valence-electron chi connectivity index (χ0n) is 23.3. The molecular weight excluding hydrogens is 388 g/mol. The number of allylic oxidation sites excluding steroid dienone is 10. The van der Waals surface area contributed by atoms with E-state index in [0.717, 1.165) is 36.8 Å². The lowest BCUT2D eigenvalue weighted by molar-refractivity contribution is -0.111. The number of Topliss-reactive ketones (excluding diaryl/α,β-unsaturated/α-hetero) is 1. The van der Waals surface area contributed by atoms with Crippen molar-refractivity contribution in [2.24, 2.45) is 0 Å². The highest BCUT2D eigenvalue weighted by Crippen LogP contribution is 2.31. The largest absolute Gasteiger partial charge is 0.289 e. The predicted octanol–water partition coefficient (Wildman–Crippen LogP) is 10.7. The van der Waals surface area contributed by atoms with Crippen molar-refractivity contribution in [3.8, 4) is 0 Å². The highest BCUT2D eigenvalue weighted by Gasteiger charge is 2.17. The third-order valence-corrected chi connectivity index (χ3v) is 5.06. The Morgan fingerprint density at radius 1 is 0.594 bits per heavy atom. The summed E-state index contributed by atoms with van der Waals surface area (Å²) in [6, 6.07) is 0. The van der Waals surface area contributed by atoms with Crippen molar-refractivity contribution in [3.05, 3.63) is 70.9 Å². The molecule has 0 aromatic carbocycles. The van der Waals surface area contributed by atoms with Crippen LogP contribution >= 0.6 is 0 Å². The summed E-state index contributed by atoms with van der Waals surface area (Å²) in [6.07, 6.45) is 16.9.